The van der Waals surface area contributed by atoms with Crippen LogP contribution < -0.4 is 10.6 Å². The predicted octanol–water partition coefficient (Wildman–Crippen LogP) is 2.90. The van der Waals surface area contributed by atoms with E-state index in [1.807, 2.05) is 19.1 Å². The number of nitrogens with zero attached hydrogens (tertiary/aromatic N) is 1. The molecule has 0 saturated carbocycles. The van der Waals surface area contributed by atoms with Crippen molar-refractivity contribution in [1.82, 2.24) is 4.90 Å². The van der Waals surface area contributed by atoms with Crippen LogP contribution in [0.2, 0.25) is 0 Å². The van der Waals surface area contributed by atoms with Gasteiger partial charge in [-0.1, -0.05) is 60.7 Å². The minimum atomic E-state index is -0.613. The molecule has 5 heteroatoms. The van der Waals surface area contributed by atoms with Crippen LogP contribution in [-0.4, -0.2) is 49.9 Å². The molecule has 0 N–H and O–H groups in total. The molecule has 27 heavy (non-hydrogen) atoms. The van der Waals surface area contributed by atoms with Crippen LogP contribution in [0.5, 0.6) is 0 Å². The molecule has 4 nitrogen and oxygen atoms in total. The number of carbonyl (C=O) groups excluding carboxylic acids is 1. The smallest absolute Gasteiger partial charge is 0.332 e. The van der Waals surface area contributed by atoms with E-state index in [0.717, 1.165) is 24.9 Å². The van der Waals surface area contributed by atoms with Gasteiger partial charge in [-0.05, 0) is 25.5 Å². The van der Waals surface area contributed by atoms with Crippen molar-refractivity contribution in [2.45, 2.75) is 6.92 Å². The van der Waals surface area contributed by atoms with Crippen LogP contribution in [0.1, 0.15) is 6.92 Å². The second kappa shape index (κ2) is 10.2. The Labute approximate surface area is 162 Å². The van der Waals surface area contributed by atoms with Gasteiger partial charge >= 0.3 is 5.97 Å². The average molecular weight is 383 g/mol. The summed E-state index contributed by atoms with van der Waals surface area (Å²) in [5.74, 6) is -0.268. The fourth-order valence-corrected chi connectivity index (χ4v) is 5.46. The highest BCUT2D eigenvalue weighted by atomic mass is 31.1. The summed E-state index contributed by atoms with van der Waals surface area (Å²) in [5, 5.41) is 2.61. The lowest BCUT2D eigenvalue weighted by atomic mass is 10.3. The lowest BCUT2D eigenvalue weighted by Crippen LogP contribution is -2.37. The zero-order valence-electron chi connectivity index (χ0n) is 15.7. The Morgan fingerprint density at radius 1 is 1.04 bits per heavy atom. The maximum Gasteiger partial charge on any atom is 0.332 e. The molecule has 0 bridgehead atoms. The maximum atomic E-state index is 12.2. The molecular weight excluding hydrogens is 357 g/mol. The van der Waals surface area contributed by atoms with Gasteiger partial charge in [0.05, 0.1) is 19.8 Å². The van der Waals surface area contributed by atoms with Crippen molar-refractivity contribution in [3.05, 3.63) is 72.4 Å². The molecule has 3 rings (SSSR count). The lowest BCUT2D eigenvalue weighted by molar-refractivity contribution is -0.137. The molecule has 0 radical (unpaired) electrons. The van der Waals surface area contributed by atoms with E-state index in [1.54, 1.807) is 6.08 Å². The van der Waals surface area contributed by atoms with Gasteiger partial charge in [-0.2, -0.15) is 0 Å². The van der Waals surface area contributed by atoms with Gasteiger partial charge < -0.3 is 14.4 Å². The summed E-state index contributed by atoms with van der Waals surface area (Å²) in [7, 11) is -0.613. The first-order valence-corrected chi connectivity index (χ1v) is 10.9. The van der Waals surface area contributed by atoms with Crippen molar-refractivity contribution in [1.29, 1.82) is 0 Å². The Morgan fingerprint density at radius 2 is 1.59 bits per heavy atom. The molecule has 0 spiro atoms. The van der Waals surface area contributed by atoms with Crippen molar-refractivity contribution in [2.75, 3.05) is 39.1 Å². The number of benzene rings is 2. The van der Waals surface area contributed by atoms with Crippen LogP contribution in [0.15, 0.2) is 72.4 Å². The Balaban J connectivity index is 1.92. The van der Waals surface area contributed by atoms with Crippen LogP contribution in [0.25, 0.3) is 0 Å². The van der Waals surface area contributed by atoms with Gasteiger partial charge in [0.25, 0.3) is 0 Å². The van der Waals surface area contributed by atoms with Crippen molar-refractivity contribution < 1.29 is 14.3 Å². The largest absolute Gasteiger partial charge is 0.463 e. The van der Waals surface area contributed by atoms with Crippen LogP contribution in [-0.2, 0) is 14.3 Å². The molecule has 0 aliphatic carbocycles. The van der Waals surface area contributed by atoms with E-state index in [0.29, 0.717) is 19.8 Å². The summed E-state index contributed by atoms with van der Waals surface area (Å²) in [6.45, 7) is 5.21. The van der Waals surface area contributed by atoms with E-state index in [1.165, 1.54) is 10.6 Å². The normalized spacial score (nSPS) is 15.0. The first kappa shape index (κ1) is 19.6. The summed E-state index contributed by atoms with van der Waals surface area (Å²) in [5.41, 5.74) is 1.04. The summed E-state index contributed by atoms with van der Waals surface area (Å²) in [6.07, 6.45) is 2.48. The third-order valence-corrected chi connectivity index (χ3v) is 6.93. The molecule has 0 atom stereocenters. The molecule has 0 aromatic heterocycles. The molecule has 0 amide bonds. The van der Waals surface area contributed by atoms with Crippen LogP contribution in [0.3, 0.4) is 0 Å². The number of ether oxygens (including phenoxy) is 2. The van der Waals surface area contributed by atoms with Crippen molar-refractivity contribution in [3.63, 3.8) is 0 Å². The quantitative estimate of drug-likeness (QED) is 0.419. The lowest BCUT2D eigenvalue weighted by Gasteiger charge is -2.33. The zero-order valence-corrected chi connectivity index (χ0v) is 16.6. The number of rotatable bonds is 7. The molecule has 1 saturated heterocycles. The molecule has 1 fully saturated rings. The van der Waals surface area contributed by atoms with Gasteiger partial charge in [-0.3, -0.25) is 0 Å². The van der Waals surface area contributed by atoms with Crippen LogP contribution >= 0.6 is 7.92 Å². The molecule has 2 aromatic carbocycles. The molecule has 1 aliphatic rings. The first-order chi connectivity index (χ1) is 13.3. The number of hydrogen-bond acceptors (Lipinski definition) is 4. The maximum absolute atomic E-state index is 12.2. The van der Waals surface area contributed by atoms with Gasteiger partial charge in [0.15, 0.2) is 0 Å². The third kappa shape index (κ3) is 5.66. The Morgan fingerprint density at radius 3 is 2.11 bits per heavy atom. The minimum Gasteiger partial charge on any atom is -0.463 e. The molecule has 2 aromatic rings. The average Bonchev–Trinajstić information content (AvgIpc) is 2.73. The first-order valence-electron chi connectivity index (χ1n) is 9.35. The van der Waals surface area contributed by atoms with E-state index in [-0.39, 0.29) is 5.97 Å². The highest BCUT2D eigenvalue weighted by Crippen LogP contribution is 2.36. The number of allylic oxidation sites excluding steroid dienone is 1. The second-order valence-corrected chi connectivity index (χ2v) is 8.45. The minimum absolute atomic E-state index is 0.268. The van der Waals surface area contributed by atoms with Crippen LogP contribution in [0, 0.1) is 0 Å². The number of morpholine rings is 1. The van der Waals surface area contributed by atoms with Gasteiger partial charge in [0.2, 0.25) is 0 Å². The van der Waals surface area contributed by atoms with Gasteiger partial charge in [-0.25, -0.2) is 4.79 Å². The van der Waals surface area contributed by atoms with E-state index in [9.17, 15) is 4.79 Å². The summed E-state index contributed by atoms with van der Waals surface area (Å²) in [6, 6.07) is 21.1. The van der Waals surface area contributed by atoms with E-state index in [2.05, 4.69) is 53.4 Å². The predicted molar refractivity (Wildman–Crippen MR) is 111 cm³/mol. The van der Waals surface area contributed by atoms with E-state index in [4.69, 9.17) is 9.47 Å². The van der Waals surface area contributed by atoms with Gasteiger partial charge in [-0.15, -0.1) is 0 Å². The molecular formula is C22H26NO3P. The molecule has 0 unspecified atom stereocenters. The zero-order chi connectivity index (χ0) is 18.9. The topological polar surface area (TPSA) is 38.8 Å². The highest BCUT2D eigenvalue weighted by molar-refractivity contribution is 7.73. The Hall–Kier alpha value is -2.16. The summed E-state index contributed by atoms with van der Waals surface area (Å²) >= 11 is 0. The second-order valence-electron chi connectivity index (χ2n) is 6.24. The summed E-state index contributed by atoms with van der Waals surface area (Å²) in [4.78, 5) is 14.5. The Bertz CT molecular complexity index is 703. The molecule has 1 aliphatic heterocycles. The Kier molecular flexibility index (Phi) is 7.44. The monoisotopic (exact) mass is 383 g/mol. The fraction of sp³-hybridized carbons (Fsp3) is 0.318. The molecule has 1 heterocycles. The van der Waals surface area contributed by atoms with Crippen LogP contribution in [0.4, 0.5) is 0 Å². The fourth-order valence-electron chi connectivity index (χ4n) is 3.12. The number of esters is 1. The van der Waals surface area contributed by atoms with Crippen molar-refractivity contribution in [2.24, 2.45) is 0 Å². The van der Waals surface area contributed by atoms with Gasteiger partial charge in [0.1, 0.15) is 0 Å². The third-order valence-electron chi connectivity index (χ3n) is 4.44. The highest BCUT2D eigenvalue weighted by Gasteiger charge is 2.21. The molecule has 142 valence electrons. The van der Waals surface area contributed by atoms with Crippen molar-refractivity contribution in [3.8, 4) is 0 Å². The van der Waals surface area contributed by atoms with Crippen molar-refractivity contribution >= 4 is 24.5 Å². The number of carbonyl (C=O) groups is 1. The standard InChI is InChI=1S/C22H26NO3P/c1-2-26-22(24)17-19(23-13-15-25-16-14-23)18-27(20-9-5-3-6-10-20)21-11-7-4-8-12-21/h3-12,17H,2,13-16,18H2,1H3/b19-17-. The van der Waals surface area contributed by atoms with E-state index >= 15 is 0 Å². The summed E-state index contributed by atoms with van der Waals surface area (Å²) < 4.78 is 10.7. The SMILES string of the molecule is CCOC(=O)/C=C(/CP(c1ccccc1)c1ccccc1)N1CCOCC1. The van der Waals surface area contributed by atoms with Gasteiger partial charge in [0, 0.05) is 31.0 Å². The number of hydrogen-bond donors (Lipinski definition) is 0. The van der Waals surface area contributed by atoms with E-state index < -0.39 is 7.92 Å².